The van der Waals surface area contributed by atoms with Crippen molar-refractivity contribution in [3.8, 4) is 0 Å². The fourth-order valence-corrected chi connectivity index (χ4v) is 4.50. The van der Waals surface area contributed by atoms with Gasteiger partial charge in [0.05, 0.1) is 0 Å². The third kappa shape index (κ3) is 3.34. The second kappa shape index (κ2) is 5.35. The van der Waals surface area contributed by atoms with Crippen LogP contribution < -0.4 is 9.60 Å². The second-order valence-corrected chi connectivity index (χ2v) is 7.21. The number of H-pyrrole nitrogens is 1. The van der Waals surface area contributed by atoms with E-state index in [2.05, 4.69) is 9.71 Å². The standard InChI is InChI=1S/C8H14N2O3S3/c1-5(4-14-3)10-16(12,13)7-6(2)9-8(11)15-7/h5,10H,4H2,1-3H3,(H,9,11). The van der Waals surface area contributed by atoms with Crippen LogP contribution in [0.15, 0.2) is 9.00 Å². The summed E-state index contributed by atoms with van der Waals surface area (Å²) in [4.78, 5) is 13.1. The van der Waals surface area contributed by atoms with Gasteiger partial charge in [-0.25, -0.2) is 13.1 Å². The van der Waals surface area contributed by atoms with E-state index >= 15 is 0 Å². The van der Waals surface area contributed by atoms with Gasteiger partial charge in [-0.1, -0.05) is 11.3 Å². The molecule has 1 atom stereocenters. The van der Waals surface area contributed by atoms with Crippen molar-refractivity contribution in [1.29, 1.82) is 0 Å². The van der Waals surface area contributed by atoms with Gasteiger partial charge in [0.1, 0.15) is 0 Å². The van der Waals surface area contributed by atoms with Crippen LogP contribution in [0, 0.1) is 6.92 Å². The Morgan fingerprint density at radius 3 is 2.62 bits per heavy atom. The monoisotopic (exact) mass is 282 g/mol. The predicted octanol–water partition coefficient (Wildman–Crippen LogP) is 0.775. The van der Waals surface area contributed by atoms with Crippen molar-refractivity contribution in [2.75, 3.05) is 12.0 Å². The number of thiazole rings is 1. The van der Waals surface area contributed by atoms with Crippen LogP contribution in [0.25, 0.3) is 0 Å². The Morgan fingerprint density at radius 1 is 1.56 bits per heavy atom. The summed E-state index contributed by atoms with van der Waals surface area (Å²) < 4.78 is 26.4. The van der Waals surface area contributed by atoms with E-state index in [1.54, 1.807) is 25.6 Å². The molecule has 1 aromatic heterocycles. The van der Waals surface area contributed by atoms with Crippen molar-refractivity contribution in [3.63, 3.8) is 0 Å². The summed E-state index contributed by atoms with van der Waals surface area (Å²) in [6.07, 6.45) is 1.91. The first-order valence-corrected chi connectivity index (χ1v) is 8.27. The molecule has 0 bridgehead atoms. The van der Waals surface area contributed by atoms with E-state index in [1.165, 1.54) is 0 Å². The van der Waals surface area contributed by atoms with Crippen molar-refractivity contribution in [2.24, 2.45) is 0 Å². The van der Waals surface area contributed by atoms with Gasteiger partial charge in [-0.15, -0.1) is 0 Å². The van der Waals surface area contributed by atoms with Crippen LogP contribution in [0.3, 0.4) is 0 Å². The van der Waals surface area contributed by atoms with Crippen LogP contribution in [-0.2, 0) is 10.0 Å². The molecule has 1 rings (SSSR count). The number of hydrogen-bond acceptors (Lipinski definition) is 5. The molecule has 92 valence electrons. The van der Waals surface area contributed by atoms with Crippen LogP contribution in [0.2, 0.25) is 0 Å². The van der Waals surface area contributed by atoms with E-state index in [0.717, 1.165) is 0 Å². The van der Waals surface area contributed by atoms with Crippen LogP contribution >= 0.6 is 23.1 Å². The minimum absolute atomic E-state index is 0.0745. The first-order chi connectivity index (χ1) is 7.36. The molecule has 0 saturated heterocycles. The van der Waals surface area contributed by atoms with Crippen LogP contribution in [0.5, 0.6) is 0 Å². The second-order valence-electron chi connectivity index (χ2n) is 3.40. The lowest BCUT2D eigenvalue weighted by Gasteiger charge is -2.11. The zero-order chi connectivity index (χ0) is 12.3. The van der Waals surface area contributed by atoms with Crippen molar-refractivity contribution in [2.45, 2.75) is 24.1 Å². The van der Waals surface area contributed by atoms with Crippen molar-refractivity contribution in [1.82, 2.24) is 9.71 Å². The first-order valence-electron chi connectivity index (χ1n) is 4.58. The molecule has 0 aliphatic heterocycles. The van der Waals surface area contributed by atoms with Gasteiger partial charge in [0.25, 0.3) is 10.0 Å². The molecule has 0 fully saturated rings. The fourth-order valence-electron chi connectivity index (χ4n) is 1.25. The van der Waals surface area contributed by atoms with Crippen molar-refractivity contribution in [3.05, 3.63) is 15.4 Å². The normalized spacial score (nSPS) is 13.9. The minimum atomic E-state index is -3.57. The summed E-state index contributed by atoms with van der Waals surface area (Å²) in [5.41, 5.74) is 0.388. The lowest BCUT2D eigenvalue weighted by atomic mass is 10.4. The Kier molecular flexibility index (Phi) is 4.60. The Hall–Kier alpha value is -0.310. The van der Waals surface area contributed by atoms with Gasteiger partial charge >= 0.3 is 4.87 Å². The summed E-state index contributed by atoms with van der Waals surface area (Å²) in [5.74, 6) is 0.692. The maximum absolute atomic E-state index is 11.9. The molecule has 16 heavy (non-hydrogen) atoms. The molecular weight excluding hydrogens is 268 g/mol. The summed E-state index contributed by atoms with van der Waals surface area (Å²) >= 11 is 2.27. The first kappa shape index (κ1) is 13.8. The topological polar surface area (TPSA) is 79.0 Å². The fraction of sp³-hybridized carbons (Fsp3) is 0.625. The Morgan fingerprint density at radius 2 is 2.19 bits per heavy atom. The molecule has 5 nitrogen and oxygen atoms in total. The zero-order valence-corrected chi connectivity index (χ0v) is 11.7. The number of aromatic nitrogens is 1. The maximum atomic E-state index is 11.9. The summed E-state index contributed by atoms with van der Waals surface area (Å²) in [6, 6.07) is -0.156. The predicted molar refractivity (Wildman–Crippen MR) is 67.8 cm³/mol. The smallest absolute Gasteiger partial charge is 0.305 e. The molecular formula is C8H14N2O3S3. The molecule has 1 unspecified atom stereocenters. The Balaban J connectivity index is 2.94. The number of thioether (sulfide) groups is 1. The highest BCUT2D eigenvalue weighted by atomic mass is 32.2. The van der Waals surface area contributed by atoms with E-state index in [-0.39, 0.29) is 15.1 Å². The van der Waals surface area contributed by atoms with Gasteiger partial charge in [0.2, 0.25) is 0 Å². The quantitative estimate of drug-likeness (QED) is 0.836. The molecule has 0 radical (unpaired) electrons. The van der Waals surface area contributed by atoms with Crippen molar-refractivity contribution < 1.29 is 8.42 Å². The zero-order valence-electron chi connectivity index (χ0n) is 9.23. The average Bonchev–Trinajstić information content (AvgIpc) is 2.45. The van der Waals surface area contributed by atoms with E-state index in [9.17, 15) is 13.2 Å². The molecule has 1 heterocycles. The Bertz CT molecular complexity index is 503. The Labute approximate surface area is 103 Å². The van der Waals surface area contributed by atoms with Crippen LogP contribution in [0.1, 0.15) is 12.6 Å². The highest BCUT2D eigenvalue weighted by Gasteiger charge is 2.22. The molecule has 2 N–H and O–H groups in total. The number of rotatable bonds is 5. The van der Waals surface area contributed by atoms with E-state index < -0.39 is 10.0 Å². The molecule has 1 aromatic rings. The summed E-state index contributed by atoms with van der Waals surface area (Å²) in [6.45, 7) is 3.37. The van der Waals surface area contributed by atoms with E-state index in [1.807, 2.05) is 6.26 Å². The number of sulfonamides is 1. The maximum Gasteiger partial charge on any atom is 0.305 e. The lowest BCUT2D eigenvalue weighted by molar-refractivity contribution is 0.572. The molecule has 0 saturated carbocycles. The molecule has 0 amide bonds. The van der Waals surface area contributed by atoms with Gasteiger partial charge in [0, 0.05) is 17.5 Å². The third-order valence-corrected chi connectivity index (χ3v) is 5.83. The van der Waals surface area contributed by atoms with Gasteiger partial charge < -0.3 is 4.98 Å². The molecule has 0 aliphatic carbocycles. The van der Waals surface area contributed by atoms with E-state index in [0.29, 0.717) is 22.8 Å². The highest BCUT2D eigenvalue weighted by Crippen LogP contribution is 2.16. The molecule has 0 aliphatic rings. The highest BCUT2D eigenvalue weighted by molar-refractivity contribution is 7.98. The molecule has 0 aromatic carbocycles. The summed E-state index contributed by atoms with van der Waals surface area (Å²) in [7, 11) is -3.57. The molecule has 0 spiro atoms. The van der Waals surface area contributed by atoms with Gasteiger partial charge in [-0.05, 0) is 20.1 Å². The van der Waals surface area contributed by atoms with Crippen molar-refractivity contribution >= 4 is 33.1 Å². The number of aryl methyl sites for hydroxylation is 1. The molecule has 8 heteroatoms. The average molecular weight is 282 g/mol. The number of aromatic amines is 1. The number of hydrogen-bond donors (Lipinski definition) is 2. The SMILES string of the molecule is CSCC(C)NS(=O)(=O)c1sc(=O)[nH]c1C. The minimum Gasteiger partial charge on any atom is -0.315 e. The van der Waals surface area contributed by atoms with Gasteiger partial charge in [-0.2, -0.15) is 11.8 Å². The van der Waals surface area contributed by atoms with Gasteiger partial charge in [0.15, 0.2) is 4.21 Å². The van der Waals surface area contributed by atoms with Crippen LogP contribution in [0.4, 0.5) is 0 Å². The number of nitrogens with one attached hydrogen (secondary N) is 2. The third-order valence-electron chi connectivity index (χ3n) is 1.80. The lowest BCUT2D eigenvalue weighted by Crippen LogP contribution is -2.34. The van der Waals surface area contributed by atoms with Gasteiger partial charge in [-0.3, -0.25) is 4.79 Å². The van der Waals surface area contributed by atoms with E-state index in [4.69, 9.17) is 0 Å². The van der Waals surface area contributed by atoms with Crippen LogP contribution in [-0.4, -0.2) is 31.5 Å². The largest absolute Gasteiger partial charge is 0.315 e. The summed E-state index contributed by atoms with van der Waals surface area (Å²) in [5, 5.41) is 0.